The average Bonchev–Trinajstić information content (AvgIpc) is 3.86. The first-order valence-corrected chi connectivity index (χ1v) is 29.3. The summed E-state index contributed by atoms with van der Waals surface area (Å²) in [6.45, 7) is 13.6. The van der Waals surface area contributed by atoms with Crippen LogP contribution in [0.1, 0.15) is 55.8 Å². The Morgan fingerprint density at radius 2 is 1.37 bits per heavy atom. The first-order chi connectivity index (χ1) is 29.6. The minimum atomic E-state index is -2.24. The maximum absolute atomic E-state index is 9.06. The fraction of sp³-hybridized carbons (Fsp3) is 0.231. The van der Waals surface area contributed by atoms with Crippen LogP contribution in [0.25, 0.3) is 66.4 Å². The van der Waals surface area contributed by atoms with Gasteiger partial charge in [0, 0.05) is 35.8 Å². The molecule has 9 rings (SSSR count). The predicted octanol–water partition coefficient (Wildman–Crippen LogP) is 13.6. The monoisotopic (exact) mass is 1040 g/mol. The van der Waals surface area contributed by atoms with Crippen LogP contribution in [-0.2, 0) is 20.1 Å². The van der Waals surface area contributed by atoms with Crippen LogP contribution in [0.5, 0.6) is 0 Å². The molecule has 1 atom stereocenters. The standard InChI is InChI=1S/C31H32GeNO.C21H20NOSi.Ir/c1-5-32(6-2,7-3)25-17-19-29(33-21-25)28-15-11-14-27-26-18-16-24(20-30(26)34-31(27)28)22(4)23-12-9-8-10-13-23;1-14-9-11-16(18-12-10-15(13-22-18)24(2,3)4)21-20(14)17-7-5-6-8-19(17)23-21;/h8-14,16-22H,5-7H2,1-4H3;5-10,12-13H,1-4H3;/q2*-1;/i22D;1D3;. The van der Waals surface area contributed by atoms with Gasteiger partial charge >= 0.3 is 177 Å². The summed E-state index contributed by atoms with van der Waals surface area (Å²) in [6, 6.07) is 44.2. The molecule has 0 saturated heterocycles. The zero-order valence-corrected chi connectivity index (χ0v) is 40.3. The summed E-state index contributed by atoms with van der Waals surface area (Å²) < 4.78 is 46.7. The first kappa shape index (κ1) is 37.4. The first-order valence-electron chi connectivity index (χ1n) is 22.3. The molecule has 301 valence electrons. The molecule has 1 unspecified atom stereocenters. The van der Waals surface area contributed by atoms with Gasteiger partial charge in [0.15, 0.2) is 0 Å². The van der Waals surface area contributed by atoms with Crippen molar-refractivity contribution in [3.8, 4) is 22.5 Å². The van der Waals surface area contributed by atoms with Crippen molar-refractivity contribution in [1.82, 2.24) is 9.97 Å². The second kappa shape index (κ2) is 17.6. The molecule has 59 heavy (non-hydrogen) atoms. The van der Waals surface area contributed by atoms with Crippen molar-refractivity contribution < 1.29 is 34.4 Å². The van der Waals surface area contributed by atoms with Gasteiger partial charge in [-0.3, -0.25) is 0 Å². The van der Waals surface area contributed by atoms with Gasteiger partial charge in [-0.2, -0.15) is 0 Å². The zero-order valence-electron chi connectivity index (χ0n) is 38.8. The number of para-hydroxylation sites is 1. The van der Waals surface area contributed by atoms with Gasteiger partial charge in [-0.05, 0) is 16.9 Å². The molecule has 9 aromatic rings. The van der Waals surface area contributed by atoms with E-state index in [0.29, 0.717) is 22.1 Å². The van der Waals surface area contributed by atoms with E-state index in [1.54, 1.807) is 6.07 Å². The maximum atomic E-state index is 9.06. The molecule has 0 amide bonds. The van der Waals surface area contributed by atoms with Crippen molar-refractivity contribution in [2.75, 3.05) is 0 Å². The number of aromatic nitrogens is 2. The second-order valence-electron chi connectivity index (χ2n) is 16.2. The van der Waals surface area contributed by atoms with E-state index in [1.165, 1.54) is 25.3 Å². The molecule has 5 aromatic carbocycles. The molecule has 0 N–H and O–H groups in total. The van der Waals surface area contributed by atoms with Gasteiger partial charge in [0.2, 0.25) is 0 Å². The molecule has 0 spiro atoms. The molecular weight excluding hydrogens is 977 g/mol. The Morgan fingerprint density at radius 1 is 0.695 bits per heavy atom. The molecule has 0 aliphatic carbocycles. The van der Waals surface area contributed by atoms with Crippen LogP contribution < -0.4 is 9.58 Å². The van der Waals surface area contributed by atoms with E-state index in [1.807, 2.05) is 92.0 Å². The molecule has 0 fully saturated rings. The minimum Gasteiger partial charge on any atom is -0.501 e. The van der Waals surface area contributed by atoms with Gasteiger partial charge in [-0.15, -0.1) is 17.7 Å². The van der Waals surface area contributed by atoms with Gasteiger partial charge in [-0.25, -0.2) is 0 Å². The number of hydrogen-bond donors (Lipinski definition) is 0. The second-order valence-corrected chi connectivity index (χ2v) is 32.3. The Hall–Kier alpha value is -4.59. The van der Waals surface area contributed by atoms with E-state index in [4.69, 9.17) is 19.3 Å². The van der Waals surface area contributed by atoms with Crippen LogP contribution in [0.3, 0.4) is 0 Å². The van der Waals surface area contributed by atoms with Gasteiger partial charge in [0.25, 0.3) is 0 Å². The predicted molar refractivity (Wildman–Crippen MR) is 250 cm³/mol. The summed E-state index contributed by atoms with van der Waals surface area (Å²) in [5.74, 6) is -0.865. The fourth-order valence-electron chi connectivity index (χ4n) is 8.18. The van der Waals surface area contributed by atoms with Crippen molar-refractivity contribution in [1.29, 1.82) is 0 Å². The van der Waals surface area contributed by atoms with Crippen molar-refractivity contribution in [3.05, 3.63) is 156 Å². The van der Waals surface area contributed by atoms with E-state index in [0.717, 1.165) is 55.4 Å². The molecule has 0 aliphatic heterocycles. The molecule has 0 saturated carbocycles. The number of nitrogens with zero attached hydrogens (tertiary/aromatic N) is 2. The van der Waals surface area contributed by atoms with Crippen LogP contribution in [0.2, 0.25) is 35.4 Å². The number of benzene rings is 5. The van der Waals surface area contributed by atoms with Gasteiger partial charge < -0.3 is 9.40 Å². The van der Waals surface area contributed by atoms with E-state index >= 15 is 0 Å². The molecule has 4 nitrogen and oxygen atoms in total. The maximum Gasteiger partial charge on any atom is 0.120 e. The minimum absolute atomic E-state index is 0. The normalized spacial score (nSPS) is 14.2. The largest absolute Gasteiger partial charge is 0.501 e. The number of hydrogen-bond acceptors (Lipinski definition) is 4. The van der Waals surface area contributed by atoms with Gasteiger partial charge in [-0.1, -0.05) is 98.1 Å². The smallest absolute Gasteiger partial charge is 0.120 e. The number of fused-ring (bicyclic) bond motifs is 6. The number of furan rings is 2. The molecule has 7 heteroatoms. The molecular formula is C52H52GeIrN2O2Si-2. The van der Waals surface area contributed by atoms with Gasteiger partial charge in [0.05, 0.1) is 13.7 Å². The molecule has 4 heterocycles. The number of aryl methyl sites for hydroxylation is 1. The summed E-state index contributed by atoms with van der Waals surface area (Å²) in [6.07, 6.45) is 4.03. The van der Waals surface area contributed by atoms with E-state index < -0.39 is 34.1 Å². The molecule has 1 radical (unpaired) electrons. The molecule has 4 aromatic heterocycles. The topological polar surface area (TPSA) is 52.1 Å². The zero-order chi connectivity index (χ0) is 44.0. The molecule has 0 bridgehead atoms. The summed E-state index contributed by atoms with van der Waals surface area (Å²) >= 11 is -2.04. The molecule has 0 aliphatic rings. The van der Waals surface area contributed by atoms with Crippen LogP contribution >= 0.6 is 0 Å². The number of pyridine rings is 2. The van der Waals surface area contributed by atoms with Gasteiger partial charge in [0.1, 0.15) is 5.58 Å². The quantitative estimate of drug-likeness (QED) is 0.107. The van der Waals surface area contributed by atoms with E-state index in [9.17, 15) is 0 Å². The SMILES string of the molecule is [2H]C(C)(c1ccccc1)c1ccc2c(c1)oc1c(-c3cc[c]([Ge]([CH2]C)([CH2]C)[CH2]C)cn3)[c-]ccc12.[2H]C([2H])([2H])c1c[c-]c(-c2ccc([Si](C)(C)C)cn2)c2oc3ccccc3c12.[Ir]. The summed E-state index contributed by atoms with van der Waals surface area (Å²) in [5.41, 5.74) is 8.13. The Labute approximate surface area is 371 Å². The Balaban J connectivity index is 0.000000192. The van der Waals surface area contributed by atoms with Crippen LogP contribution in [0, 0.1) is 19.0 Å². The summed E-state index contributed by atoms with van der Waals surface area (Å²) in [7, 11) is -1.44. The summed E-state index contributed by atoms with van der Waals surface area (Å²) in [5, 5.41) is 8.67. The van der Waals surface area contributed by atoms with Crippen molar-refractivity contribution >= 4 is 74.8 Å². The third-order valence-corrected chi connectivity index (χ3v) is 25.8. The van der Waals surface area contributed by atoms with E-state index in [2.05, 4.69) is 94.1 Å². The Morgan fingerprint density at radius 3 is 2.03 bits per heavy atom. The third-order valence-electron chi connectivity index (χ3n) is 12.1. The number of rotatable bonds is 9. The van der Waals surface area contributed by atoms with E-state index in [-0.39, 0.29) is 25.7 Å². The summed E-state index contributed by atoms with van der Waals surface area (Å²) in [4.78, 5) is 9.53. The Kier molecular flexibility index (Phi) is 11.1. The van der Waals surface area contributed by atoms with Crippen LogP contribution in [0.15, 0.2) is 136 Å². The Bertz CT molecular complexity index is 3020. The van der Waals surface area contributed by atoms with Crippen molar-refractivity contribution in [2.24, 2.45) is 0 Å². The van der Waals surface area contributed by atoms with Crippen LogP contribution in [0.4, 0.5) is 0 Å². The van der Waals surface area contributed by atoms with Crippen LogP contribution in [-0.4, -0.2) is 31.3 Å². The van der Waals surface area contributed by atoms with Crippen molar-refractivity contribution in [3.63, 3.8) is 0 Å². The average molecular weight is 1030 g/mol. The van der Waals surface area contributed by atoms with Crippen molar-refractivity contribution in [2.45, 2.75) is 75.8 Å². The third kappa shape index (κ3) is 8.17. The fourth-order valence-corrected chi connectivity index (χ4v) is 16.6.